The Bertz CT molecular complexity index is 702. The lowest BCUT2D eigenvalue weighted by molar-refractivity contribution is 0.0365. The number of carbonyl (C=O) groups is 1. The number of nitrogens with one attached hydrogen (secondary N) is 1. The Labute approximate surface area is 110 Å². The molecule has 0 spiro atoms. The van der Waals surface area contributed by atoms with Crippen molar-refractivity contribution in [2.75, 3.05) is 0 Å². The van der Waals surface area contributed by atoms with Crippen LogP contribution in [0.4, 0.5) is 0 Å². The van der Waals surface area contributed by atoms with Gasteiger partial charge in [-0.15, -0.1) is 0 Å². The van der Waals surface area contributed by atoms with E-state index in [0.717, 1.165) is 35.7 Å². The average molecular weight is 257 g/mol. The average Bonchev–Trinajstić information content (AvgIpc) is 2.74. The van der Waals surface area contributed by atoms with Crippen LogP contribution in [0, 0.1) is 0 Å². The topological polar surface area (TPSA) is 59.2 Å². The van der Waals surface area contributed by atoms with Gasteiger partial charge in [-0.05, 0) is 18.9 Å². The highest BCUT2D eigenvalue weighted by Gasteiger charge is 2.35. The molecule has 4 nitrogen and oxygen atoms in total. The van der Waals surface area contributed by atoms with E-state index in [1.807, 2.05) is 24.3 Å². The van der Waals surface area contributed by atoms with Gasteiger partial charge in [-0.3, -0.25) is 4.79 Å². The van der Waals surface area contributed by atoms with Gasteiger partial charge in [0.15, 0.2) is 0 Å². The third-order valence-corrected chi connectivity index (χ3v) is 3.56. The Hall–Kier alpha value is -2.10. The van der Waals surface area contributed by atoms with Gasteiger partial charge in [0.2, 0.25) is 0 Å². The molecule has 1 aromatic heterocycles. The van der Waals surface area contributed by atoms with Crippen LogP contribution < -0.4 is 5.56 Å². The maximum atomic E-state index is 12.0. The second-order valence-electron chi connectivity index (χ2n) is 4.82. The van der Waals surface area contributed by atoms with E-state index < -0.39 is 5.97 Å². The summed E-state index contributed by atoms with van der Waals surface area (Å²) >= 11 is 0. The lowest BCUT2D eigenvalue weighted by Gasteiger charge is -2.11. The van der Waals surface area contributed by atoms with Crippen LogP contribution in [0.15, 0.2) is 29.1 Å². The van der Waals surface area contributed by atoms with Crippen LogP contribution in [0.3, 0.4) is 0 Å². The maximum absolute atomic E-state index is 12.0. The summed E-state index contributed by atoms with van der Waals surface area (Å²) in [6.07, 6.45) is 2.49. The Morgan fingerprint density at radius 2 is 2.05 bits per heavy atom. The zero-order valence-corrected chi connectivity index (χ0v) is 10.7. The number of hydrogen-bond donors (Lipinski definition) is 1. The zero-order chi connectivity index (χ0) is 13.4. The molecule has 4 heteroatoms. The smallest absolute Gasteiger partial charge is 0.344 e. The maximum Gasteiger partial charge on any atom is 0.344 e. The molecule has 1 atom stereocenters. The molecule has 0 aliphatic carbocycles. The van der Waals surface area contributed by atoms with Crippen molar-refractivity contribution in [2.45, 2.75) is 32.3 Å². The van der Waals surface area contributed by atoms with E-state index >= 15 is 0 Å². The van der Waals surface area contributed by atoms with Gasteiger partial charge in [0, 0.05) is 16.5 Å². The molecule has 0 fully saturated rings. The fraction of sp³-hybridized carbons (Fsp3) is 0.333. The minimum atomic E-state index is -0.497. The summed E-state index contributed by atoms with van der Waals surface area (Å²) < 4.78 is 5.36. The largest absolute Gasteiger partial charge is 0.454 e. The lowest BCUT2D eigenvalue weighted by Crippen LogP contribution is -2.16. The molecule has 0 saturated heterocycles. The third kappa shape index (κ3) is 1.84. The highest BCUT2D eigenvalue weighted by Crippen LogP contribution is 2.36. The van der Waals surface area contributed by atoms with Gasteiger partial charge in [0.1, 0.15) is 11.7 Å². The normalized spacial score (nSPS) is 17.5. The van der Waals surface area contributed by atoms with E-state index in [9.17, 15) is 9.59 Å². The summed E-state index contributed by atoms with van der Waals surface area (Å²) in [7, 11) is 0. The van der Waals surface area contributed by atoms with Crippen LogP contribution in [0.1, 0.15) is 48.2 Å². The van der Waals surface area contributed by atoms with Gasteiger partial charge in [-0.1, -0.05) is 31.5 Å². The van der Waals surface area contributed by atoms with Crippen LogP contribution in [0.25, 0.3) is 10.9 Å². The number of para-hydroxylation sites is 1. The third-order valence-electron chi connectivity index (χ3n) is 3.56. The first-order chi connectivity index (χ1) is 9.22. The van der Waals surface area contributed by atoms with Crippen molar-refractivity contribution in [2.24, 2.45) is 0 Å². The van der Waals surface area contributed by atoms with Crippen LogP contribution >= 0.6 is 0 Å². The number of esters is 1. The van der Waals surface area contributed by atoms with Crippen molar-refractivity contribution < 1.29 is 9.53 Å². The summed E-state index contributed by atoms with van der Waals surface area (Å²) in [5.41, 5.74) is 1.35. The number of benzene rings is 1. The molecular weight excluding hydrogens is 242 g/mol. The van der Waals surface area contributed by atoms with E-state index in [4.69, 9.17) is 4.74 Å². The summed E-state index contributed by atoms with van der Waals surface area (Å²) in [4.78, 5) is 26.6. The number of fused-ring (bicyclic) bond motifs is 3. The number of ether oxygens (including phenoxy) is 1. The Kier molecular flexibility index (Phi) is 2.85. The van der Waals surface area contributed by atoms with E-state index in [1.165, 1.54) is 0 Å². The van der Waals surface area contributed by atoms with Crippen LogP contribution in [-0.4, -0.2) is 11.0 Å². The fourth-order valence-corrected chi connectivity index (χ4v) is 2.65. The number of H-pyrrole nitrogens is 1. The number of hydrogen-bond acceptors (Lipinski definition) is 3. The Balaban J connectivity index is 2.24. The second-order valence-corrected chi connectivity index (χ2v) is 4.82. The predicted molar refractivity (Wildman–Crippen MR) is 72.3 cm³/mol. The fourth-order valence-electron chi connectivity index (χ4n) is 2.65. The molecule has 0 amide bonds. The molecule has 1 N–H and O–H groups in total. The van der Waals surface area contributed by atoms with Gasteiger partial charge in [-0.25, -0.2) is 4.79 Å². The van der Waals surface area contributed by atoms with E-state index in [-0.39, 0.29) is 17.2 Å². The molecule has 0 saturated carbocycles. The molecule has 1 aromatic carbocycles. The number of unbranched alkanes of at least 4 members (excludes halogenated alkanes) is 1. The highest BCUT2D eigenvalue weighted by atomic mass is 16.5. The number of pyridine rings is 1. The minimum absolute atomic E-state index is 0.180. The quantitative estimate of drug-likeness (QED) is 0.860. The molecule has 2 aromatic rings. The minimum Gasteiger partial charge on any atom is -0.454 e. The number of cyclic esters (lactones) is 1. The number of carbonyl (C=O) groups excluding carboxylic acids is 1. The summed E-state index contributed by atoms with van der Waals surface area (Å²) in [5, 5.41) is 0.907. The summed E-state index contributed by atoms with van der Waals surface area (Å²) in [6, 6.07) is 7.53. The number of aromatic amines is 1. The summed E-state index contributed by atoms with van der Waals surface area (Å²) in [5.74, 6) is -0.497. The molecule has 0 radical (unpaired) electrons. The van der Waals surface area contributed by atoms with Gasteiger partial charge in [-0.2, -0.15) is 0 Å². The standard InChI is InChI=1S/C15H15NO3/c1-2-3-8-11-12-9-6-4-5-7-10(9)16-14(17)13(12)15(18)19-11/h4-7,11H,2-3,8H2,1H3,(H,16,17). The van der Waals surface area contributed by atoms with Gasteiger partial charge < -0.3 is 9.72 Å². The number of rotatable bonds is 3. The van der Waals surface area contributed by atoms with Crippen LogP contribution in [0.2, 0.25) is 0 Å². The predicted octanol–water partition coefficient (Wildman–Crippen LogP) is 2.93. The van der Waals surface area contributed by atoms with Crippen LogP contribution in [-0.2, 0) is 4.74 Å². The second kappa shape index (κ2) is 4.53. The monoisotopic (exact) mass is 257 g/mol. The molecule has 0 bridgehead atoms. The first-order valence-electron chi connectivity index (χ1n) is 6.58. The highest BCUT2D eigenvalue weighted by molar-refractivity contribution is 6.00. The van der Waals surface area contributed by atoms with E-state index in [2.05, 4.69) is 11.9 Å². The molecule has 2 heterocycles. The molecule has 1 aliphatic heterocycles. The molecular formula is C15H15NO3. The zero-order valence-electron chi connectivity index (χ0n) is 10.7. The van der Waals surface area contributed by atoms with Gasteiger partial charge >= 0.3 is 5.97 Å². The lowest BCUT2D eigenvalue weighted by atomic mass is 9.97. The molecule has 98 valence electrons. The first kappa shape index (κ1) is 12.0. The molecule has 1 aliphatic rings. The van der Waals surface area contributed by atoms with Crippen molar-refractivity contribution in [3.63, 3.8) is 0 Å². The summed E-state index contributed by atoms with van der Waals surface area (Å²) in [6.45, 7) is 2.09. The Morgan fingerprint density at radius 3 is 2.84 bits per heavy atom. The van der Waals surface area contributed by atoms with Crippen molar-refractivity contribution in [3.05, 3.63) is 45.7 Å². The molecule has 19 heavy (non-hydrogen) atoms. The van der Waals surface area contributed by atoms with Crippen molar-refractivity contribution >= 4 is 16.9 Å². The first-order valence-corrected chi connectivity index (χ1v) is 6.58. The Morgan fingerprint density at radius 1 is 1.26 bits per heavy atom. The van der Waals surface area contributed by atoms with Crippen molar-refractivity contribution in [1.29, 1.82) is 0 Å². The van der Waals surface area contributed by atoms with Crippen LogP contribution in [0.5, 0.6) is 0 Å². The van der Waals surface area contributed by atoms with Crippen molar-refractivity contribution in [3.8, 4) is 0 Å². The number of aromatic nitrogens is 1. The molecule has 3 rings (SSSR count). The van der Waals surface area contributed by atoms with Crippen molar-refractivity contribution in [1.82, 2.24) is 4.98 Å². The van der Waals surface area contributed by atoms with E-state index in [0.29, 0.717) is 0 Å². The van der Waals surface area contributed by atoms with Gasteiger partial charge in [0.05, 0.1) is 0 Å². The molecule has 1 unspecified atom stereocenters. The van der Waals surface area contributed by atoms with Gasteiger partial charge in [0.25, 0.3) is 5.56 Å². The SMILES string of the molecule is CCCCC1OC(=O)c2c1c1ccccc1[nH]c2=O. The van der Waals surface area contributed by atoms with E-state index in [1.54, 1.807) is 0 Å².